The molecule has 0 amide bonds. The van der Waals surface area contributed by atoms with Crippen LogP contribution in [0.25, 0.3) is 66.4 Å². The van der Waals surface area contributed by atoms with Crippen molar-refractivity contribution in [3.63, 3.8) is 0 Å². The second kappa shape index (κ2) is 16.0. The summed E-state index contributed by atoms with van der Waals surface area (Å²) in [6, 6.07) is 97.5. The summed E-state index contributed by atoms with van der Waals surface area (Å²) >= 11 is 0. The Morgan fingerprint density at radius 2 is 0.871 bits per heavy atom. The van der Waals surface area contributed by atoms with Gasteiger partial charge in [-0.15, -0.1) is 0 Å². The van der Waals surface area contributed by atoms with Crippen LogP contribution >= 0.6 is 0 Å². The monoisotopic (exact) mass is 892 g/mol. The van der Waals surface area contributed by atoms with Crippen molar-refractivity contribution >= 4 is 56.1 Å². The highest BCUT2D eigenvalue weighted by molar-refractivity contribution is 6.07. The third kappa shape index (κ3) is 5.95. The topological polar surface area (TPSA) is 19.6 Å². The van der Waals surface area contributed by atoms with E-state index in [1.165, 1.54) is 61.4 Å². The van der Waals surface area contributed by atoms with Crippen molar-refractivity contribution in [1.29, 1.82) is 0 Å². The van der Waals surface area contributed by atoms with E-state index in [1.807, 2.05) is 12.1 Å². The van der Waals surface area contributed by atoms with Crippen molar-refractivity contribution < 1.29 is 4.42 Å². The molecule has 0 unspecified atom stereocenters. The zero-order chi connectivity index (χ0) is 46.2. The van der Waals surface area contributed by atoms with E-state index >= 15 is 0 Å². The van der Waals surface area contributed by atoms with Gasteiger partial charge in [-0.05, 0) is 122 Å². The van der Waals surface area contributed by atoms with Gasteiger partial charge in [0.15, 0.2) is 0 Å². The van der Waals surface area contributed by atoms with E-state index in [-0.39, 0.29) is 0 Å². The van der Waals surface area contributed by atoms with E-state index in [0.717, 1.165) is 61.4 Å². The van der Waals surface area contributed by atoms with Crippen LogP contribution < -0.4 is 9.80 Å². The first kappa shape index (κ1) is 39.9. The van der Waals surface area contributed by atoms with Gasteiger partial charge in [-0.1, -0.05) is 200 Å². The molecule has 0 atom stereocenters. The summed E-state index contributed by atoms with van der Waals surface area (Å²) in [7, 11) is 0. The highest BCUT2D eigenvalue weighted by Gasteiger charge is 2.52. The fourth-order valence-electron chi connectivity index (χ4n) is 11.8. The minimum Gasteiger partial charge on any atom is -0.456 e. The lowest BCUT2D eigenvalue weighted by Gasteiger charge is -2.45. The molecule has 12 aromatic rings. The van der Waals surface area contributed by atoms with E-state index in [4.69, 9.17) is 4.42 Å². The molecular formula is C67H44N2O. The van der Waals surface area contributed by atoms with Gasteiger partial charge in [0.05, 0.1) is 28.2 Å². The first-order valence-electron chi connectivity index (χ1n) is 24.1. The molecule has 2 aliphatic rings. The number of hydrogen-bond acceptors (Lipinski definition) is 3. The van der Waals surface area contributed by atoms with Crippen LogP contribution in [-0.2, 0) is 5.41 Å². The lowest BCUT2D eigenvalue weighted by molar-refractivity contribution is 0.669. The van der Waals surface area contributed by atoms with Crippen LogP contribution in [0.2, 0.25) is 0 Å². The van der Waals surface area contributed by atoms with Gasteiger partial charge in [0.25, 0.3) is 0 Å². The Morgan fingerprint density at radius 3 is 1.63 bits per heavy atom. The Balaban J connectivity index is 1.02. The normalized spacial score (nSPS) is 12.9. The number of para-hydroxylation sites is 5. The first-order valence-corrected chi connectivity index (χ1v) is 24.1. The summed E-state index contributed by atoms with van der Waals surface area (Å²) in [6.07, 6.45) is 0. The van der Waals surface area contributed by atoms with E-state index in [0.29, 0.717) is 0 Å². The fourth-order valence-corrected chi connectivity index (χ4v) is 11.8. The van der Waals surface area contributed by atoms with Crippen molar-refractivity contribution in [1.82, 2.24) is 0 Å². The molecule has 0 saturated heterocycles. The molecule has 3 nitrogen and oxygen atoms in total. The second-order valence-electron chi connectivity index (χ2n) is 18.3. The Labute approximate surface area is 407 Å². The molecule has 0 saturated carbocycles. The third-order valence-corrected chi connectivity index (χ3v) is 14.7. The molecule has 328 valence electrons. The molecule has 11 aromatic carbocycles. The van der Waals surface area contributed by atoms with Crippen LogP contribution in [-0.4, -0.2) is 0 Å². The molecular weight excluding hydrogens is 849 g/mol. The van der Waals surface area contributed by atoms with E-state index in [1.54, 1.807) is 0 Å². The summed E-state index contributed by atoms with van der Waals surface area (Å²) in [5, 5.41) is 2.25. The minimum atomic E-state index is -0.606. The lowest BCUT2D eigenvalue weighted by atomic mass is 9.64. The molecule has 70 heavy (non-hydrogen) atoms. The average Bonchev–Trinajstić information content (AvgIpc) is 3.96. The maximum atomic E-state index is 6.23. The fraction of sp³-hybridized carbons (Fsp3) is 0.0149. The molecule has 2 heterocycles. The predicted molar refractivity (Wildman–Crippen MR) is 290 cm³/mol. The number of fused-ring (bicyclic) bond motifs is 12. The van der Waals surface area contributed by atoms with Crippen molar-refractivity contribution in [2.24, 2.45) is 0 Å². The van der Waals surface area contributed by atoms with Gasteiger partial charge >= 0.3 is 0 Å². The predicted octanol–water partition coefficient (Wildman–Crippen LogP) is 18.2. The third-order valence-electron chi connectivity index (χ3n) is 14.7. The van der Waals surface area contributed by atoms with Crippen molar-refractivity contribution in [3.8, 4) is 44.5 Å². The number of nitrogens with zero attached hydrogens (tertiary/aromatic N) is 2. The maximum absolute atomic E-state index is 6.23. The molecule has 14 rings (SSSR count). The smallest absolute Gasteiger partial charge is 0.135 e. The Morgan fingerprint density at radius 1 is 0.329 bits per heavy atom. The van der Waals surface area contributed by atoms with Crippen LogP contribution in [0.1, 0.15) is 22.3 Å². The van der Waals surface area contributed by atoms with E-state index < -0.39 is 5.41 Å². The number of hydrogen-bond donors (Lipinski definition) is 0. The summed E-state index contributed by atoms with van der Waals surface area (Å²) in [6.45, 7) is 0. The summed E-state index contributed by atoms with van der Waals surface area (Å²) in [5.74, 6) is 0. The van der Waals surface area contributed by atoms with Crippen LogP contribution in [0.3, 0.4) is 0 Å². The molecule has 3 heteroatoms. The SMILES string of the molecule is c1ccc(-c2ccccc2-c2ccccc2N(c2ccc(-c3ccc4oc5ccccc5c4c3)cc2)c2cccc3c2-c2ccccc2C32c3ccccc3N(c3ccccc3)c3ccccc32)cc1. The number of anilines is 6. The zero-order valence-electron chi connectivity index (χ0n) is 38.2. The van der Waals surface area contributed by atoms with Crippen molar-refractivity contribution in [3.05, 3.63) is 289 Å². The van der Waals surface area contributed by atoms with Gasteiger partial charge in [-0.25, -0.2) is 0 Å². The van der Waals surface area contributed by atoms with Gasteiger partial charge in [-0.3, -0.25) is 0 Å². The second-order valence-corrected chi connectivity index (χ2v) is 18.3. The van der Waals surface area contributed by atoms with Gasteiger partial charge in [0.2, 0.25) is 0 Å². The van der Waals surface area contributed by atoms with Gasteiger partial charge in [0.1, 0.15) is 11.2 Å². The highest BCUT2D eigenvalue weighted by atomic mass is 16.3. The van der Waals surface area contributed by atoms with E-state index in [2.05, 4.69) is 265 Å². The summed E-state index contributed by atoms with van der Waals surface area (Å²) < 4.78 is 6.23. The molecule has 0 bridgehead atoms. The Bertz CT molecular complexity index is 3920. The maximum Gasteiger partial charge on any atom is 0.135 e. The van der Waals surface area contributed by atoms with Crippen LogP contribution in [0, 0.1) is 0 Å². The molecule has 0 fully saturated rings. The summed E-state index contributed by atoms with van der Waals surface area (Å²) in [5.41, 5.74) is 22.5. The van der Waals surface area contributed by atoms with Crippen molar-refractivity contribution in [2.75, 3.05) is 9.80 Å². The van der Waals surface area contributed by atoms with Gasteiger partial charge in [0, 0.05) is 33.3 Å². The number of benzene rings is 11. The van der Waals surface area contributed by atoms with Gasteiger partial charge in [-0.2, -0.15) is 0 Å². The zero-order valence-corrected chi connectivity index (χ0v) is 38.2. The lowest BCUT2D eigenvalue weighted by Crippen LogP contribution is -2.36. The average molecular weight is 893 g/mol. The van der Waals surface area contributed by atoms with Crippen LogP contribution in [0.15, 0.2) is 271 Å². The Kier molecular flexibility index (Phi) is 9.11. The first-order chi connectivity index (χ1) is 34.8. The number of rotatable bonds is 7. The summed E-state index contributed by atoms with van der Waals surface area (Å²) in [4.78, 5) is 4.96. The Hall–Kier alpha value is -9.18. The van der Waals surface area contributed by atoms with Crippen LogP contribution in [0.4, 0.5) is 34.1 Å². The van der Waals surface area contributed by atoms with Crippen LogP contribution in [0.5, 0.6) is 0 Å². The number of furan rings is 1. The quantitative estimate of drug-likeness (QED) is 0.159. The molecule has 1 aromatic heterocycles. The molecule has 1 spiro atoms. The molecule has 1 aliphatic carbocycles. The minimum absolute atomic E-state index is 0.606. The van der Waals surface area contributed by atoms with Gasteiger partial charge < -0.3 is 14.2 Å². The molecule has 1 aliphatic heterocycles. The largest absolute Gasteiger partial charge is 0.456 e. The standard InChI is InChI=1S/C67H44N2O/c1-3-20-46(21-4-1)50-24-7-8-25-51(50)52-26-10-15-33-60(52)68(49-41-38-45(39-42-49)47-40-43-65-55(44-47)53-27-11-18-37-64(53)70-65)63-36-19-32-59-66(63)54-28-9-12-29-56(54)67(59)57-30-13-16-34-61(57)69(48-22-5-2-6-23-48)62-35-17-14-31-58(62)67/h1-44H. The molecule has 0 N–H and O–H groups in total. The molecule has 0 radical (unpaired) electrons. The highest BCUT2D eigenvalue weighted by Crippen LogP contribution is 2.65. The van der Waals surface area contributed by atoms with E-state index in [9.17, 15) is 0 Å². The van der Waals surface area contributed by atoms with Crippen molar-refractivity contribution in [2.45, 2.75) is 5.41 Å².